The number of hydrogen-bond acceptors (Lipinski definition) is 2. The predicted octanol–water partition coefficient (Wildman–Crippen LogP) is 3.05. The fraction of sp³-hybridized carbons (Fsp3) is 0.471. The van der Waals surface area contributed by atoms with Crippen molar-refractivity contribution in [3.05, 3.63) is 53.9 Å². The van der Waals surface area contributed by atoms with Gasteiger partial charge in [0.05, 0.1) is 11.8 Å². The number of aliphatic hydroxyl groups is 1. The van der Waals surface area contributed by atoms with Crippen LogP contribution in [0.25, 0.3) is 0 Å². The monoisotopic (exact) mass is 270 g/mol. The van der Waals surface area contributed by atoms with Gasteiger partial charge in [-0.25, -0.2) is 0 Å². The topological polar surface area (TPSA) is 38.0 Å². The van der Waals surface area contributed by atoms with Crippen molar-refractivity contribution in [1.82, 2.24) is 9.78 Å². The van der Waals surface area contributed by atoms with Gasteiger partial charge in [-0.05, 0) is 42.7 Å². The molecule has 1 saturated carbocycles. The molecule has 3 heteroatoms. The van der Waals surface area contributed by atoms with E-state index in [-0.39, 0.29) is 0 Å². The maximum Gasteiger partial charge on any atom is 0.0689 e. The van der Waals surface area contributed by atoms with Crippen molar-refractivity contribution >= 4 is 0 Å². The minimum atomic E-state index is -0.547. The first-order valence-corrected chi connectivity index (χ1v) is 7.39. The van der Waals surface area contributed by atoms with Gasteiger partial charge in [-0.2, -0.15) is 5.10 Å². The zero-order chi connectivity index (χ0) is 14.0. The third-order valence-electron chi connectivity index (χ3n) is 4.48. The number of benzene rings is 1. The quantitative estimate of drug-likeness (QED) is 0.931. The van der Waals surface area contributed by atoms with E-state index in [0.717, 1.165) is 37.7 Å². The molecule has 1 aliphatic rings. The lowest BCUT2D eigenvalue weighted by molar-refractivity contribution is -0.000468. The third-order valence-corrected chi connectivity index (χ3v) is 4.48. The molecule has 0 spiro atoms. The Kier molecular flexibility index (Phi) is 3.62. The summed E-state index contributed by atoms with van der Waals surface area (Å²) in [4.78, 5) is 0. The first-order chi connectivity index (χ1) is 9.65. The number of nitrogens with zero attached hydrogens (tertiary/aromatic N) is 2. The van der Waals surface area contributed by atoms with Gasteiger partial charge >= 0.3 is 0 Å². The van der Waals surface area contributed by atoms with Crippen LogP contribution in [0.5, 0.6) is 0 Å². The van der Waals surface area contributed by atoms with Crippen molar-refractivity contribution < 1.29 is 5.11 Å². The zero-order valence-electron chi connectivity index (χ0n) is 12.0. The zero-order valence-corrected chi connectivity index (χ0v) is 12.0. The van der Waals surface area contributed by atoms with E-state index < -0.39 is 5.60 Å². The summed E-state index contributed by atoms with van der Waals surface area (Å²) < 4.78 is 1.80. The molecule has 1 aromatic carbocycles. The van der Waals surface area contributed by atoms with Crippen LogP contribution in [0.1, 0.15) is 42.7 Å². The van der Waals surface area contributed by atoms with Gasteiger partial charge in [-0.1, -0.05) is 30.3 Å². The molecule has 0 saturated heterocycles. The molecule has 20 heavy (non-hydrogen) atoms. The van der Waals surface area contributed by atoms with Crippen LogP contribution in [0.15, 0.2) is 42.7 Å². The Hall–Kier alpha value is -1.61. The molecule has 1 fully saturated rings. The predicted molar refractivity (Wildman–Crippen MR) is 79.5 cm³/mol. The summed E-state index contributed by atoms with van der Waals surface area (Å²) >= 11 is 0. The van der Waals surface area contributed by atoms with E-state index in [1.54, 1.807) is 4.68 Å². The molecule has 0 aliphatic heterocycles. The van der Waals surface area contributed by atoms with Crippen LogP contribution < -0.4 is 0 Å². The molecule has 0 amide bonds. The molecule has 0 bridgehead atoms. The van der Waals surface area contributed by atoms with Crippen molar-refractivity contribution in [2.45, 2.75) is 43.6 Å². The Bertz CT molecular complexity index is 553. The summed E-state index contributed by atoms with van der Waals surface area (Å²) in [5.41, 5.74) is 2.00. The normalized spacial score (nSPS) is 26.6. The van der Waals surface area contributed by atoms with Gasteiger partial charge in [0.1, 0.15) is 0 Å². The number of rotatable bonds is 3. The van der Waals surface area contributed by atoms with Gasteiger partial charge in [0.2, 0.25) is 0 Å². The Morgan fingerprint density at radius 3 is 2.55 bits per heavy atom. The van der Waals surface area contributed by atoms with Crippen LogP contribution in [0, 0.1) is 0 Å². The van der Waals surface area contributed by atoms with Crippen LogP contribution in [0.4, 0.5) is 0 Å². The van der Waals surface area contributed by atoms with E-state index in [9.17, 15) is 5.11 Å². The van der Waals surface area contributed by atoms with Crippen LogP contribution in [-0.2, 0) is 13.5 Å². The lowest BCUT2D eigenvalue weighted by Crippen LogP contribution is -2.35. The molecule has 3 rings (SSSR count). The lowest BCUT2D eigenvalue weighted by Gasteiger charge is -2.36. The summed E-state index contributed by atoms with van der Waals surface area (Å²) in [5.74, 6) is 0.602. The van der Waals surface area contributed by atoms with E-state index in [4.69, 9.17) is 0 Å². The van der Waals surface area contributed by atoms with Gasteiger partial charge in [-0.3, -0.25) is 4.68 Å². The SMILES string of the molecule is Cn1cc(CC2(O)CCC(c3ccccc3)CC2)cn1. The number of aryl methyl sites for hydroxylation is 1. The summed E-state index contributed by atoms with van der Waals surface area (Å²) in [6.07, 6.45) is 8.48. The number of hydrogen-bond donors (Lipinski definition) is 1. The maximum absolute atomic E-state index is 10.8. The average molecular weight is 270 g/mol. The Labute approximate surface area is 120 Å². The Balaban J connectivity index is 1.62. The van der Waals surface area contributed by atoms with E-state index in [2.05, 4.69) is 35.4 Å². The van der Waals surface area contributed by atoms with Crippen LogP contribution in [-0.4, -0.2) is 20.5 Å². The highest BCUT2D eigenvalue weighted by Crippen LogP contribution is 2.39. The second kappa shape index (κ2) is 5.41. The third kappa shape index (κ3) is 2.93. The van der Waals surface area contributed by atoms with Crippen molar-refractivity contribution in [2.24, 2.45) is 7.05 Å². The highest BCUT2D eigenvalue weighted by Gasteiger charge is 2.33. The molecule has 106 valence electrons. The summed E-state index contributed by atoms with van der Waals surface area (Å²) in [6, 6.07) is 10.7. The van der Waals surface area contributed by atoms with Crippen molar-refractivity contribution in [2.75, 3.05) is 0 Å². The molecule has 1 N–H and O–H groups in total. The Morgan fingerprint density at radius 2 is 1.95 bits per heavy atom. The molecule has 1 aliphatic carbocycles. The molecular weight excluding hydrogens is 248 g/mol. The highest BCUT2D eigenvalue weighted by atomic mass is 16.3. The molecule has 0 atom stereocenters. The Morgan fingerprint density at radius 1 is 1.25 bits per heavy atom. The molecule has 2 aromatic rings. The second-order valence-electron chi connectivity index (χ2n) is 6.11. The van der Waals surface area contributed by atoms with E-state index >= 15 is 0 Å². The van der Waals surface area contributed by atoms with Gasteiger partial charge in [0.25, 0.3) is 0 Å². The van der Waals surface area contributed by atoms with Crippen LogP contribution in [0.3, 0.4) is 0 Å². The highest BCUT2D eigenvalue weighted by molar-refractivity contribution is 5.21. The molecule has 0 radical (unpaired) electrons. The molecule has 3 nitrogen and oxygen atoms in total. The first-order valence-electron chi connectivity index (χ1n) is 7.39. The summed E-state index contributed by atoms with van der Waals surface area (Å²) in [7, 11) is 1.92. The fourth-order valence-electron chi connectivity index (χ4n) is 3.33. The van der Waals surface area contributed by atoms with E-state index in [1.165, 1.54) is 5.56 Å². The van der Waals surface area contributed by atoms with Crippen molar-refractivity contribution in [3.63, 3.8) is 0 Å². The average Bonchev–Trinajstić information content (AvgIpc) is 2.85. The van der Waals surface area contributed by atoms with Crippen molar-refractivity contribution in [3.8, 4) is 0 Å². The minimum absolute atomic E-state index is 0.547. The van der Waals surface area contributed by atoms with E-state index in [1.807, 2.05) is 19.4 Å². The van der Waals surface area contributed by atoms with Gasteiger partial charge < -0.3 is 5.11 Å². The maximum atomic E-state index is 10.8. The van der Waals surface area contributed by atoms with Crippen LogP contribution >= 0.6 is 0 Å². The van der Waals surface area contributed by atoms with Crippen LogP contribution in [0.2, 0.25) is 0 Å². The minimum Gasteiger partial charge on any atom is -0.390 e. The summed E-state index contributed by atoms with van der Waals surface area (Å²) in [6.45, 7) is 0. The van der Waals surface area contributed by atoms with Gasteiger partial charge in [0, 0.05) is 19.7 Å². The molecule has 1 heterocycles. The van der Waals surface area contributed by atoms with Gasteiger partial charge in [0.15, 0.2) is 0 Å². The van der Waals surface area contributed by atoms with Crippen molar-refractivity contribution in [1.29, 1.82) is 0 Å². The largest absolute Gasteiger partial charge is 0.390 e. The van der Waals surface area contributed by atoms with E-state index in [0.29, 0.717) is 5.92 Å². The second-order valence-corrected chi connectivity index (χ2v) is 6.11. The smallest absolute Gasteiger partial charge is 0.0689 e. The fourth-order valence-corrected chi connectivity index (χ4v) is 3.33. The molecule has 1 aromatic heterocycles. The molecular formula is C17H22N2O. The summed E-state index contributed by atoms with van der Waals surface area (Å²) in [5, 5.41) is 14.9. The molecule has 0 unspecified atom stereocenters. The first kappa shape index (κ1) is 13.4. The number of aromatic nitrogens is 2. The lowest BCUT2D eigenvalue weighted by atomic mass is 9.74. The van der Waals surface area contributed by atoms with Gasteiger partial charge in [-0.15, -0.1) is 0 Å². The standard InChI is InChI=1S/C17H22N2O/c1-19-13-14(12-18-19)11-17(20)9-7-16(8-10-17)15-5-3-2-4-6-15/h2-6,12-13,16,20H,7-11H2,1H3.